The molecule has 0 aliphatic heterocycles. The van der Waals surface area contributed by atoms with Crippen LogP contribution in [0.15, 0.2) is 85.5 Å². The van der Waals surface area contributed by atoms with Gasteiger partial charge in [-0.3, -0.25) is 5.26 Å². The average molecular weight is 517 g/mol. The Labute approximate surface area is 227 Å². The molecule has 1 N–H and O–H groups in total. The summed E-state index contributed by atoms with van der Waals surface area (Å²) in [4.78, 5) is 15.9. The van der Waals surface area contributed by atoms with Crippen molar-refractivity contribution in [1.29, 1.82) is 0 Å². The van der Waals surface area contributed by atoms with Crippen LogP contribution in [0.4, 0.5) is 0 Å². The number of rotatable bonds is 16. The van der Waals surface area contributed by atoms with Crippen LogP contribution in [0.5, 0.6) is 5.75 Å². The van der Waals surface area contributed by atoms with Gasteiger partial charge in [-0.15, -0.1) is 0 Å². The van der Waals surface area contributed by atoms with Gasteiger partial charge in [-0.05, 0) is 78.0 Å². The first-order chi connectivity index (χ1) is 18.5. The van der Waals surface area contributed by atoms with Gasteiger partial charge in [0.2, 0.25) is 0 Å². The molecule has 0 saturated heterocycles. The van der Waals surface area contributed by atoms with Gasteiger partial charge in [0, 0.05) is 6.08 Å². The summed E-state index contributed by atoms with van der Waals surface area (Å²) >= 11 is 0. The number of hydrogen-bond acceptors (Lipinski definition) is 5. The summed E-state index contributed by atoms with van der Waals surface area (Å²) in [6.07, 6.45) is 6.63. The first-order valence-electron chi connectivity index (χ1n) is 13.6. The summed E-state index contributed by atoms with van der Waals surface area (Å²) in [5.41, 5.74) is 5.38. The highest BCUT2D eigenvalue weighted by atomic mass is 17.1. The Balaban J connectivity index is 1.48. The first kappa shape index (κ1) is 29.2. The summed E-state index contributed by atoms with van der Waals surface area (Å²) in [5.74, 6) is 1.09. The highest BCUT2D eigenvalue weighted by molar-refractivity contribution is 5.81. The fourth-order valence-electron chi connectivity index (χ4n) is 4.26. The van der Waals surface area contributed by atoms with Crippen molar-refractivity contribution in [3.8, 4) is 16.9 Å². The Bertz CT molecular complexity index is 1100. The van der Waals surface area contributed by atoms with E-state index >= 15 is 0 Å². The van der Waals surface area contributed by atoms with Crippen LogP contribution in [-0.4, -0.2) is 24.4 Å². The molecule has 5 nitrogen and oxygen atoms in total. The lowest BCUT2D eigenvalue weighted by atomic mass is 9.95. The summed E-state index contributed by atoms with van der Waals surface area (Å²) in [6.45, 7) is 8.93. The van der Waals surface area contributed by atoms with Gasteiger partial charge >= 0.3 is 5.97 Å². The lowest BCUT2D eigenvalue weighted by Crippen LogP contribution is -2.04. The van der Waals surface area contributed by atoms with E-state index in [0.717, 1.165) is 54.5 Å². The highest BCUT2D eigenvalue weighted by Crippen LogP contribution is 2.29. The molecule has 0 fully saturated rings. The van der Waals surface area contributed by atoms with E-state index in [1.807, 2.05) is 36.4 Å². The van der Waals surface area contributed by atoms with Gasteiger partial charge in [0.05, 0.1) is 13.2 Å². The second-order valence-corrected chi connectivity index (χ2v) is 9.73. The fourth-order valence-corrected chi connectivity index (χ4v) is 4.26. The Morgan fingerprint density at radius 3 is 1.95 bits per heavy atom. The third kappa shape index (κ3) is 9.16. The number of carbonyl (C=O) groups is 1. The monoisotopic (exact) mass is 516 g/mol. The van der Waals surface area contributed by atoms with Crippen molar-refractivity contribution in [3.63, 3.8) is 0 Å². The molecule has 38 heavy (non-hydrogen) atoms. The van der Waals surface area contributed by atoms with Gasteiger partial charge in [0.15, 0.2) is 0 Å². The van der Waals surface area contributed by atoms with Crippen molar-refractivity contribution in [2.75, 3.05) is 13.2 Å². The molecule has 202 valence electrons. The molecule has 0 spiro atoms. The molecule has 0 aliphatic rings. The number of ether oxygens (including phenoxy) is 2. The van der Waals surface area contributed by atoms with Crippen LogP contribution < -0.4 is 4.74 Å². The molecule has 3 aromatic carbocycles. The van der Waals surface area contributed by atoms with Crippen LogP contribution in [0, 0.1) is 5.92 Å². The second kappa shape index (κ2) is 15.8. The second-order valence-electron chi connectivity index (χ2n) is 9.73. The molecule has 0 aromatic heterocycles. The minimum atomic E-state index is -0.578. The molecule has 0 aliphatic carbocycles. The van der Waals surface area contributed by atoms with Crippen LogP contribution in [0.25, 0.3) is 11.1 Å². The molecule has 3 aromatic rings. The largest absolute Gasteiger partial charge is 0.494 e. The van der Waals surface area contributed by atoms with Crippen LogP contribution in [0.3, 0.4) is 0 Å². The van der Waals surface area contributed by atoms with Crippen molar-refractivity contribution in [2.45, 2.75) is 58.5 Å². The van der Waals surface area contributed by atoms with Gasteiger partial charge < -0.3 is 9.47 Å². The Kier molecular flexibility index (Phi) is 12.1. The van der Waals surface area contributed by atoms with E-state index in [1.165, 1.54) is 23.6 Å². The van der Waals surface area contributed by atoms with Crippen molar-refractivity contribution in [3.05, 3.63) is 102 Å². The molecule has 0 radical (unpaired) electrons. The molecule has 2 atom stereocenters. The van der Waals surface area contributed by atoms with E-state index in [0.29, 0.717) is 19.1 Å². The third-order valence-corrected chi connectivity index (χ3v) is 6.79. The van der Waals surface area contributed by atoms with E-state index in [-0.39, 0.29) is 5.97 Å². The third-order valence-electron chi connectivity index (χ3n) is 6.79. The Hall–Kier alpha value is -3.41. The lowest BCUT2D eigenvalue weighted by Gasteiger charge is -2.16. The summed E-state index contributed by atoms with van der Waals surface area (Å²) in [6, 6.07) is 24.5. The minimum Gasteiger partial charge on any atom is -0.494 e. The van der Waals surface area contributed by atoms with Crippen LogP contribution >= 0.6 is 0 Å². The molecule has 0 heterocycles. The molecular weight excluding hydrogens is 476 g/mol. The Morgan fingerprint density at radius 1 is 0.842 bits per heavy atom. The normalized spacial score (nSPS) is 12.5. The van der Waals surface area contributed by atoms with E-state index in [1.54, 1.807) is 0 Å². The van der Waals surface area contributed by atoms with Gasteiger partial charge in [-0.2, -0.15) is 0 Å². The van der Waals surface area contributed by atoms with E-state index in [9.17, 15) is 10.1 Å². The van der Waals surface area contributed by atoms with Gasteiger partial charge in [-0.1, -0.05) is 87.5 Å². The molecular formula is C33H40O5. The van der Waals surface area contributed by atoms with Crippen molar-refractivity contribution in [2.24, 2.45) is 5.92 Å². The maximum Gasteiger partial charge on any atom is 0.330 e. The highest BCUT2D eigenvalue weighted by Gasteiger charge is 2.15. The quantitative estimate of drug-likeness (QED) is 0.0683. The molecule has 3 rings (SSSR count). The number of esters is 1. The fraction of sp³-hybridized carbons (Fsp3) is 0.364. The first-order valence-corrected chi connectivity index (χ1v) is 13.6. The zero-order valence-electron chi connectivity index (χ0n) is 22.6. The van der Waals surface area contributed by atoms with Crippen molar-refractivity contribution < 1.29 is 24.4 Å². The predicted octanol–water partition coefficient (Wildman–Crippen LogP) is 8.19. The molecule has 5 heteroatoms. The van der Waals surface area contributed by atoms with Crippen molar-refractivity contribution in [1.82, 2.24) is 0 Å². The van der Waals surface area contributed by atoms with Crippen LogP contribution in [-0.2, 0) is 20.8 Å². The SMILES string of the molecule is C=CC(=O)OCCCCCCOc1ccc(C(OO)c2ccc(-c3ccc(CC(C)CC)cc3)cc2)cc1. The smallest absolute Gasteiger partial charge is 0.330 e. The zero-order valence-corrected chi connectivity index (χ0v) is 22.6. The van der Waals surface area contributed by atoms with Gasteiger partial charge in [0.25, 0.3) is 0 Å². The predicted molar refractivity (Wildman–Crippen MR) is 152 cm³/mol. The number of carbonyl (C=O) groups excluding carboxylic acids is 1. The summed E-state index contributed by atoms with van der Waals surface area (Å²) in [7, 11) is 0. The maximum atomic E-state index is 11.0. The zero-order chi connectivity index (χ0) is 27.2. The molecule has 0 bridgehead atoms. The van der Waals surface area contributed by atoms with E-state index in [2.05, 4.69) is 56.8 Å². The van der Waals surface area contributed by atoms with Crippen LogP contribution in [0.1, 0.15) is 68.7 Å². The number of unbranched alkanes of at least 4 members (excludes halogenated alkanes) is 3. The number of benzene rings is 3. The molecule has 0 saturated carbocycles. The lowest BCUT2D eigenvalue weighted by molar-refractivity contribution is -0.270. The van der Waals surface area contributed by atoms with E-state index in [4.69, 9.17) is 14.4 Å². The maximum absolute atomic E-state index is 11.0. The Morgan fingerprint density at radius 2 is 1.39 bits per heavy atom. The summed E-state index contributed by atoms with van der Waals surface area (Å²) in [5, 5.41) is 9.65. The van der Waals surface area contributed by atoms with Gasteiger partial charge in [-0.25, -0.2) is 9.68 Å². The summed E-state index contributed by atoms with van der Waals surface area (Å²) < 4.78 is 10.8. The minimum absolute atomic E-state index is 0.374. The molecule has 0 amide bonds. The average Bonchev–Trinajstić information content (AvgIpc) is 2.96. The molecule has 2 unspecified atom stereocenters. The topological polar surface area (TPSA) is 65.0 Å². The van der Waals surface area contributed by atoms with Crippen LogP contribution in [0.2, 0.25) is 0 Å². The van der Waals surface area contributed by atoms with E-state index < -0.39 is 6.10 Å². The van der Waals surface area contributed by atoms with Crippen molar-refractivity contribution >= 4 is 5.97 Å². The van der Waals surface area contributed by atoms with Gasteiger partial charge in [0.1, 0.15) is 11.9 Å². The number of hydrogen-bond donors (Lipinski definition) is 1. The standard InChI is InChI=1S/C33H40O5/c1-4-25(3)24-26-10-12-27(13-11-26)28-14-16-29(17-15-28)33(38-35)30-18-20-31(21-19-30)36-22-8-6-7-9-23-37-32(34)5-2/h5,10-21,25,33,35H,2,4,6-9,22-24H2,1,3H3.